The van der Waals surface area contributed by atoms with Gasteiger partial charge in [-0.05, 0) is 32.0 Å². The summed E-state index contributed by atoms with van der Waals surface area (Å²) in [6, 6.07) is 1.55. The molecule has 0 aliphatic carbocycles. The Hall–Kier alpha value is 0.114. The molecule has 0 aromatic carbocycles. The Morgan fingerprint density at radius 1 is 0.870 bits per heavy atom. The molecule has 0 aromatic heterocycles. The van der Waals surface area contributed by atoms with Crippen molar-refractivity contribution in [2.24, 2.45) is 0 Å². The molecule has 0 amide bonds. The number of hydrogen-bond donors (Lipinski definition) is 4. The molecule has 1 atom stereocenters. The molecule has 0 spiro atoms. The Bertz CT molecular complexity index is 265. The number of rotatable bonds is 16. The molecule has 0 rings (SSSR count). The lowest BCUT2D eigenvalue weighted by Crippen LogP contribution is -2.43. The molecule has 0 fully saturated rings. The first-order valence-electron chi connectivity index (χ1n) is 8.01. The molecule has 0 aliphatic rings. The summed E-state index contributed by atoms with van der Waals surface area (Å²) in [6.07, 6.45) is 1.84. The minimum Gasteiger partial charge on any atom is -0.417 e. The minimum absolute atomic E-state index is 0.756. The Kier molecular flexibility index (Phi) is 14.5. The fraction of sp³-hybridized carbons (Fsp3) is 1.00. The van der Waals surface area contributed by atoms with E-state index in [-0.39, 0.29) is 0 Å². The van der Waals surface area contributed by atoms with Gasteiger partial charge in [0.25, 0.3) is 0 Å². The molecular weight excluding hydrogens is 336 g/mol. The van der Waals surface area contributed by atoms with E-state index in [9.17, 15) is 0 Å². The van der Waals surface area contributed by atoms with Crippen molar-refractivity contribution in [1.82, 2.24) is 10.6 Å². The van der Waals surface area contributed by atoms with Crippen LogP contribution in [0.3, 0.4) is 0 Å². The molecule has 0 aliphatic heterocycles. The lowest BCUT2D eigenvalue weighted by Gasteiger charge is -2.24. The van der Waals surface area contributed by atoms with Crippen molar-refractivity contribution >= 4 is 17.8 Å². The van der Waals surface area contributed by atoms with Gasteiger partial charge < -0.3 is 38.6 Å². The molecule has 0 bridgehead atoms. The average Bonchev–Trinajstić information content (AvgIpc) is 2.56. The van der Waals surface area contributed by atoms with E-state index in [4.69, 9.17) is 27.9 Å². The fourth-order valence-electron chi connectivity index (χ4n) is 2.23. The van der Waals surface area contributed by atoms with Crippen LogP contribution in [0.25, 0.3) is 0 Å². The largest absolute Gasteiger partial charge is 0.500 e. The summed E-state index contributed by atoms with van der Waals surface area (Å²) in [4.78, 5) is 0. The van der Waals surface area contributed by atoms with E-state index < -0.39 is 23.8 Å². The van der Waals surface area contributed by atoms with E-state index in [2.05, 4.69) is 10.6 Å². The quantitative estimate of drug-likeness (QED) is 0.157. The highest BCUT2D eigenvalue weighted by molar-refractivity contribution is 6.60. The Balaban J connectivity index is 3.47. The standard InChI is InChI=1S/C13H34N2O6Si2/c1-18-22(13(16)17)11-5-7-14-9-10-15-8-6-12-23(19-2,20-3)21-4/h13-17,22H,5-12H2,1-4H3. The smallest absolute Gasteiger partial charge is 0.417 e. The van der Waals surface area contributed by atoms with E-state index in [0.717, 1.165) is 51.1 Å². The summed E-state index contributed by atoms with van der Waals surface area (Å²) in [7, 11) is 2.13. The van der Waals surface area contributed by atoms with Crippen LogP contribution in [-0.2, 0) is 17.7 Å². The molecule has 0 aromatic rings. The lowest BCUT2D eigenvalue weighted by atomic mass is 10.4. The number of aliphatic hydroxyl groups excluding tert-OH is 1. The van der Waals surface area contributed by atoms with Gasteiger partial charge in [-0.3, -0.25) is 0 Å². The Morgan fingerprint density at radius 2 is 1.39 bits per heavy atom. The van der Waals surface area contributed by atoms with E-state index in [0.29, 0.717) is 0 Å². The normalized spacial score (nSPS) is 13.7. The second-order valence-electron chi connectivity index (χ2n) is 5.23. The van der Waals surface area contributed by atoms with Crippen molar-refractivity contribution in [3.05, 3.63) is 0 Å². The summed E-state index contributed by atoms with van der Waals surface area (Å²) < 4.78 is 21.2. The molecule has 0 saturated carbocycles. The zero-order valence-corrected chi connectivity index (χ0v) is 17.0. The van der Waals surface area contributed by atoms with Gasteiger partial charge in [-0.15, -0.1) is 0 Å². The van der Waals surface area contributed by atoms with Gasteiger partial charge >= 0.3 is 8.80 Å². The summed E-state index contributed by atoms with van der Waals surface area (Å²) in [6.45, 7) is 3.51. The molecule has 140 valence electrons. The van der Waals surface area contributed by atoms with Crippen LogP contribution in [0.15, 0.2) is 0 Å². The average molecular weight is 371 g/mol. The molecule has 0 heterocycles. The molecule has 8 nitrogen and oxygen atoms in total. The molecular formula is C13H34N2O6Si2. The summed E-state index contributed by atoms with van der Waals surface area (Å²) in [5.74, 6) is -1.27. The number of nitrogens with one attached hydrogen (secondary N) is 2. The van der Waals surface area contributed by atoms with Crippen LogP contribution in [0.2, 0.25) is 12.1 Å². The first kappa shape index (κ1) is 23.1. The maximum atomic E-state index is 9.08. The zero-order valence-electron chi connectivity index (χ0n) is 14.8. The van der Waals surface area contributed by atoms with Gasteiger partial charge in [0.05, 0.1) is 0 Å². The third-order valence-electron chi connectivity index (χ3n) is 3.73. The highest BCUT2D eigenvalue weighted by Crippen LogP contribution is 2.14. The first-order valence-corrected chi connectivity index (χ1v) is 11.9. The predicted octanol–water partition coefficient (Wildman–Crippen LogP) is -0.956. The second-order valence-corrected chi connectivity index (χ2v) is 11.0. The van der Waals surface area contributed by atoms with Gasteiger partial charge in [-0.25, -0.2) is 0 Å². The minimum atomic E-state index is -2.43. The molecule has 0 saturated heterocycles. The van der Waals surface area contributed by atoms with Crippen molar-refractivity contribution in [2.75, 3.05) is 54.6 Å². The summed E-state index contributed by atoms with van der Waals surface area (Å²) >= 11 is 0. The predicted molar refractivity (Wildman–Crippen MR) is 93.8 cm³/mol. The van der Waals surface area contributed by atoms with Gasteiger partial charge in [-0.2, -0.15) is 0 Å². The summed E-state index contributed by atoms with van der Waals surface area (Å²) in [5.41, 5.74) is 0. The topological polar surface area (TPSA) is 101 Å². The van der Waals surface area contributed by atoms with Crippen molar-refractivity contribution in [3.8, 4) is 0 Å². The van der Waals surface area contributed by atoms with E-state index in [1.165, 1.54) is 0 Å². The van der Waals surface area contributed by atoms with Crippen LogP contribution in [0.1, 0.15) is 12.8 Å². The zero-order chi connectivity index (χ0) is 17.6. The highest BCUT2D eigenvalue weighted by atomic mass is 28.4. The number of hydrogen-bond acceptors (Lipinski definition) is 8. The van der Waals surface area contributed by atoms with Crippen LogP contribution in [-0.4, -0.2) is 88.6 Å². The number of aliphatic hydroxyl groups is 2. The van der Waals surface area contributed by atoms with Crippen molar-refractivity contribution in [2.45, 2.75) is 30.8 Å². The maximum Gasteiger partial charge on any atom is 0.500 e. The molecule has 10 heteroatoms. The van der Waals surface area contributed by atoms with Gasteiger partial charge in [0.15, 0.2) is 5.91 Å². The van der Waals surface area contributed by atoms with E-state index in [1.54, 1.807) is 28.4 Å². The first-order chi connectivity index (χ1) is 11.0. The summed E-state index contributed by atoms with van der Waals surface area (Å²) in [5, 5.41) is 24.8. The van der Waals surface area contributed by atoms with Gasteiger partial charge in [0.2, 0.25) is 9.04 Å². The van der Waals surface area contributed by atoms with Crippen LogP contribution in [0.5, 0.6) is 0 Å². The monoisotopic (exact) mass is 370 g/mol. The maximum absolute atomic E-state index is 9.08. The van der Waals surface area contributed by atoms with Crippen molar-refractivity contribution < 1.29 is 27.9 Å². The Morgan fingerprint density at radius 3 is 1.83 bits per heavy atom. The molecule has 1 unspecified atom stereocenters. The second kappa shape index (κ2) is 14.5. The van der Waals surface area contributed by atoms with Crippen LogP contribution >= 0.6 is 0 Å². The third-order valence-corrected chi connectivity index (χ3v) is 8.81. The fourth-order valence-corrected chi connectivity index (χ4v) is 5.34. The Labute approximate surface area is 142 Å². The van der Waals surface area contributed by atoms with Crippen LogP contribution in [0, 0.1) is 0 Å². The van der Waals surface area contributed by atoms with Crippen molar-refractivity contribution in [1.29, 1.82) is 0 Å². The van der Waals surface area contributed by atoms with Gasteiger partial charge in [0, 0.05) is 47.6 Å². The molecule has 0 radical (unpaired) electrons. The van der Waals surface area contributed by atoms with Gasteiger partial charge in [-0.1, -0.05) is 0 Å². The van der Waals surface area contributed by atoms with E-state index >= 15 is 0 Å². The van der Waals surface area contributed by atoms with E-state index in [1.807, 2.05) is 0 Å². The molecule has 23 heavy (non-hydrogen) atoms. The lowest BCUT2D eigenvalue weighted by molar-refractivity contribution is 0.0122. The SMILES string of the molecule is CO[SiH](CCCNCCNCCC[Si](OC)(OC)OC)C(O)O. The highest BCUT2D eigenvalue weighted by Gasteiger charge is 2.36. The molecule has 4 N–H and O–H groups in total. The third kappa shape index (κ3) is 10.6. The van der Waals surface area contributed by atoms with Gasteiger partial charge in [0.1, 0.15) is 0 Å². The van der Waals surface area contributed by atoms with Crippen LogP contribution in [0.4, 0.5) is 0 Å². The van der Waals surface area contributed by atoms with Crippen LogP contribution < -0.4 is 10.6 Å². The van der Waals surface area contributed by atoms with Crippen molar-refractivity contribution in [3.63, 3.8) is 0 Å².